The van der Waals surface area contributed by atoms with Gasteiger partial charge in [-0.15, -0.1) is 0 Å². The first-order valence-electron chi connectivity index (χ1n) is 23.9. The molecule has 2 saturated carbocycles. The summed E-state index contributed by atoms with van der Waals surface area (Å²) >= 11 is 0. The number of rotatable bonds is 14. The molecule has 0 spiro atoms. The van der Waals surface area contributed by atoms with E-state index in [-0.39, 0.29) is 52.9 Å². The number of Topliss-reactive ketones (excluding diaryl/α,β-unsaturated/α-hetero) is 3. The summed E-state index contributed by atoms with van der Waals surface area (Å²) in [5, 5.41) is 7.42. The maximum atomic E-state index is 17.1. The number of hydrogen-bond acceptors (Lipinski definition) is 7. The van der Waals surface area contributed by atoms with Crippen LogP contribution in [0.15, 0.2) is 107 Å². The Morgan fingerprint density at radius 2 is 0.933 bits per heavy atom. The number of hydrogen-bond donors (Lipinski definition) is 4. The number of nitrogens with one attached hydrogen (secondary N) is 2. The quantitative estimate of drug-likeness (QED) is 0.140. The average molecular weight is 811 g/mol. The van der Waals surface area contributed by atoms with E-state index in [9.17, 15) is 0 Å². The lowest BCUT2D eigenvalue weighted by molar-refractivity contribution is -0.141. The highest BCUT2D eigenvalue weighted by molar-refractivity contribution is 6.14. The number of carbonyl (C=O) groups excluding carboxylic acids is 3. The van der Waals surface area contributed by atoms with Gasteiger partial charge in [0.25, 0.3) is 0 Å². The van der Waals surface area contributed by atoms with Crippen molar-refractivity contribution in [3.63, 3.8) is 0 Å². The Labute approximate surface area is 359 Å². The van der Waals surface area contributed by atoms with Crippen LogP contribution in [-0.4, -0.2) is 56.6 Å². The molecule has 2 aromatic carbocycles. The van der Waals surface area contributed by atoms with Crippen LogP contribution < -0.4 is 22.1 Å². The van der Waals surface area contributed by atoms with Gasteiger partial charge in [0.15, 0.2) is 17.3 Å². The molecule has 6 aliphatic rings. The Morgan fingerprint density at radius 3 is 1.28 bits per heavy atom. The van der Waals surface area contributed by atoms with Crippen molar-refractivity contribution in [2.75, 3.05) is 39.3 Å². The molecule has 2 heterocycles. The minimum atomic E-state index is -1.08. The van der Waals surface area contributed by atoms with Crippen LogP contribution in [0.2, 0.25) is 0 Å². The van der Waals surface area contributed by atoms with Gasteiger partial charge >= 0.3 is 0 Å². The fourth-order valence-electron chi connectivity index (χ4n) is 12.7. The minimum Gasteiger partial charge on any atom is -0.330 e. The van der Waals surface area contributed by atoms with E-state index >= 15 is 14.4 Å². The van der Waals surface area contributed by atoms with Gasteiger partial charge in [0.05, 0.1) is 10.8 Å². The third kappa shape index (κ3) is 8.54. The van der Waals surface area contributed by atoms with Crippen LogP contribution in [0.25, 0.3) is 0 Å². The zero-order valence-corrected chi connectivity index (χ0v) is 36.0. The number of allylic oxidation sites excluding steroid dienone is 8. The molecule has 2 aliphatic heterocycles. The molecule has 0 amide bonds. The largest absolute Gasteiger partial charge is 0.330 e. The minimum absolute atomic E-state index is 0.0126. The number of carbonyl (C=O) groups is 3. The van der Waals surface area contributed by atoms with Gasteiger partial charge in [-0.05, 0) is 150 Å². The Bertz CT molecular complexity index is 1800. The molecular weight excluding hydrogens is 741 g/mol. The van der Waals surface area contributed by atoms with Crippen molar-refractivity contribution in [3.05, 3.63) is 118 Å². The second-order valence-electron chi connectivity index (χ2n) is 19.2. The second-order valence-corrected chi connectivity index (χ2v) is 19.2. The zero-order chi connectivity index (χ0) is 41.5. The third-order valence-corrected chi connectivity index (χ3v) is 15.6. The number of nitrogens with two attached hydrogens (primary N) is 2. The lowest BCUT2D eigenvalue weighted by Crippen LogP contribution is -2.57. The molecule has 6 unspecified atom stereocenters. The molecule has 4 fully saturated rings. The lowest BCUT2D eigenvalue weighted by Gasteiger charge is -2.53. The fraction of sp³-hybridized carbons (Fsp3) is 0.566. The van der Waals surface area contributed by atoms with E-state index in [1.165, 1.54) is 12.8 Å². The monoisotopic (exact) mass is 811 g/mol. The van der Waals surface area contributed by atoms with Gasteiger partial charge in [-0.2, -0.15) is 0 Å². The SMILES string of the molecule is NCCC1(C(=O)C2(CCN)C=C(C(=O)c3ccccc3)C(C3CCCCC3)=CC2C2CCCNC2)C=C(C(=O)c2ccccc2)C(C2CCCCC2)=CC1C1CCCNC1. The van der Waals surface area contributed by atoms with Gasteiger partial charge in [0.2, 0.25) is 0 Å². The first-order chi connectivity index (χ1) is 29.4. The molecule has 2 aromatic rings. The highest BCUT2D eigenvalue weighted by Gasteiger charge is 2.59. The summed E-state index contributed by atoms with van der Waals surface area (Å²) < 4.78 is 0. The first-order valence-corrected chi connectivity index (χ1v) is 23.9. The number of benzene rings is 2. The molecule has 2 saturated heterocycles. The number of ketones is 3. The van der Waals surface area contributed by atoms with Crippen LogP contribution >= 0.6 is 0 Å². The molecule has 6 N–H and O–H groups in total. The highest BCUT2D eigenvalue weighted by Crippen LogP contribution is 2.58. The molecular formula is C53H70N4O3. The maximum absolute atomic E-state index is 17.1. The Balaban J connectivity index is 1.37. The molecule has 4 aliphatic carbocycles. The van der Waals surface area contributed by atoms with E-state index in [1.54, 1.807) is 0 Å². The van der Waals surface area contributed by atoms with Gasteiger partial charge in [0, 0.05) is 22.3 Å². The van der Waals surface area contributed by atoms with Gasteiger partial charge in [-0.1, -0.05) is 123 Å². The van der Waals surface area contributed by atoms with E-state index in [0.717, 1.165) is 114 Å². The van der Waals surface area contributed by atoms with Crippen molar-refractivity contribution in [1.29, 1.82) is 0 Å². The fourth-order valence-corrected chi connectivity index (χ4v) is 12.7. The summed E-state index contributed by atoms with van der Waals surface area (Å²) in [6, 6.07) is 19.3. The van der Waals surface area contributed by atoms with E-state index in [2.05, 4.69) is 34.9 Å². The summed E-state index contributed by atoms with van der Waals surface area (Å²) in [7, 11) is 0. The Kier molecular flexibility index (Phi) is 14.0. The van der Waals surface area contributed by atoms with E-state index in [4.69, 9.17) is 11.5 Å². The van der Waals surface area contributed by atoms with Crippen molar-refractivity contribution in [2.24, 2.45) is 57.8 Å². The molecule has 0 aromatic heterocycles. The Hall–Kier alpha value is -3.75. The van der Waals surface area contributed by atoms with Gasteiger partial charge < -0.3 is 22.1 Å². The van der Waals surface area contributed by atoms with Crippen molar-refractivity contribution in [1.82, 2.24) is 10.6 Å². The normalized spacial score (nSPS) is 30.7. The summed E-state index contributed by atoms with van der Waals surface area (Å²) in [4.78, 5) is 47.3. The van der Waals surface area contributed by atoms with E-state index < -0.39 is 10.8 Å². The van der Waals surface area contributed by atoms with Crippen LogP contribution in [0.5, 0.6) is 0 Å². The molecule has 7 nitrogen and oxygen atoms in total. The van der Waals surface area contributed by atoms with Gasteiger partial charge in [0.1, 0.15) is 0 Å². The molecule has 7 heteroatoms. The average Bonchev–Trinajstić information content (AvgIpc) is 3.32. The van der Waals surface area contributed by atoms with Crippen LogP contribution in [0.4, 0.5) is 0 Å². The summed E-state index contributed by atoms with van der Waals surface area (Å²) in [5.74, 6) is 0.683. The van der Waals surface area contributed by atoms with Crippen LogP contribution in [0.3, 0.4) is 0 Å². The van der Waals surface area contributed by atoms with Gasteiger partial charge in [-0.25, -0.2) is 0 Å². The van der Waals surface area contributed by atoms with Crippen LogP contribution in [-0.2, 0) is 4.79 Å². The predicted molar refractivity (Wildman–Crippen MR) is 242 cm³/mol. The first kappa shape index (κ1) is 42.9. The van der Waals surface area contributed by atoms with Crippen molar-refractivity contribution >= 4 is 17.3 Å². The molecule has 0 bridgehead atoms. The van der Waals surface area contributed by atoms with Crippen LogP contribution in [0.1, 0.15) is 123 Å². The van der Waals surface area contributed by atoms with Gasteiger partial charge in [-0.3, -0.25) is 14.4 Å². The smallest absolute Gasteiger partial charge is 0.193 e. The topological polar surface area (TPSA) is 127 Å². The zero-order valence-electron chi connectivity index (χ0n) is 36.0. The van der Waals surface area contributed by atoms with Crippen molar-refractivity contribution in [3.8, 4) is 0 Å². The summed E-state index contributed by atoms with van der Waals surface area (Å²) in [6.45, 7) is 4.15. The highest BCUT2D eigenvalue weighted by atomic mass is 16.1. The summed E-state index contributed by atoms with van der Waals surface area (Å²) in [5.41, 5.74) is 16.3. The Morgan fingerprint density at radius 1 is 0.533 bits per heavy atom. The predicted octanol–water partition coefficient (Wildman–Crippen LogP) is 9.12. The van der Waals surface area contributed by atoms with Crippen molar-refractivity contribution < 1.29 is 14.4 Å². The van der Waals surface area contributed by atoms with E-state index in [1.807, 2.05) is 60.7 Å². The molecule has 8 rings (SSSR count). The third-order valence-electron chi connectivity index (χ3n) is 15.6. The van der Waals surface area contributed by atoms with Crippen molar-refractivity contribution in [2.45, 2.75) is 103 Å². The molecule has 0 radical (unpaired) electrons. The standard InChI is InChI=1S/C53H70N4O3/c54-27-25-52(33-45(49(58)39-19-9-3-10-20-39)43(37-15-5-1-6-16-37)31-47(52)41-23-13-29-56-35-41)51(60)53(26-28-55)34-46(50(59)40-21-11-4-12-22-40)44(38-17-7-2-8-18-38)32-48(53)42-24-14-30-57-36-42/h3-4,9-12,19-22,31-34,37-38,41-42,47-48,56-57H,1-2,5-8,13-18,23-30,35-36,54-55H2. The number of piperidine rings is 2. The molecule has 320 valence electrons. The van der Waals surface area contributed by atoms with E-state index in [0.29, 0.717) is 48.2 Å². The molecule has 6 atom stereocenters. The molecule has 60 heavy (non-hydrogen) atoms. The second kappa shape index (κ2) is 19.5. The summed E-state index contributed by atoms with van der Waals surface area (Å²) in [6.07, 6.45) is 25.3. The maximum Gasteiger partial charge on any atom is 0.193 e. The van der Waals surface area contributed by atoms with Crippen LogP contribution in [0, 0.1) is 46.3 Å². The lowest BCUT2D eigenvalue weighted by atomic mass is 9.49.